The fourth-order valence-electron chi connectivity index (χ4n) is 2.08. The highest BCUT2D eigenvalue weighted by atomic mass is 35.5. The van der Waals surface area contributed by atoms with Gasteiger partial charge in [-0.3, -0.25) is 9.59 Å². The maximum absolute atomic E-state index is 14.0. The second kappa shape index (κ2) is 10.2. The SMILES string of the molecule is COC(=O)C(C)CN(CCOCCO)C(=O)c1c(F)cccc1Cl. The average Bonchev–Trinajstić information content (AvgIpc) is 2.56. The van der Waals surface area contributed by atoms with Crippen molar-refractivity contribution in [1.29, 1.82) is 0 Å². The van der Waals surface area contributed by atoms with Crippen LogP contribution in [0.15, 0.2) is 18.2 Å². The Morgan fingerprint density at radius 2 is 2.08 bits per heavy atom. The van der Waals surface area contributed by atoms with E-state index < -0.39 is 23.6 Å². The second-order valence-corrected chi connectivity index (χ2v) is 5.52. The Balaban J connectivity index is 2.93. The highest BCUT2D eigenvalue weighted by Crippen LogP contribution is 2.21. The number of rotatable bonds is 9. The lowest BCUT2D eigenvalue weighted by Crippen LogP contribution is -2.40. The molecule has 1 aromatic carbocycles. The van der Waals surface area contributed by atoms with Crippen molar-refractivity contribution in [2.45, 2.75) is 6.92 Å². The first-order valence-corrected chi connectivity index (χ1v) is 7.79. The van der Waals surface area contributed by atoms with E-state index >= 15 is 0 Å². The minimum Gasteiger partial charge on any atom is -0.469 e. The van der Waals surface area contributed by atoms with E-state index in [2.05, 4.69) is 4.74 Å². The smallest absolute Gasteiger partial charge is 0.310 e. The number of carbonyl (C=O) groups excluding carboxylic acids is 2. The third kappa shape index (κ3) is 5.74. The summed E-state index contributed by atoms with van der Waals surface area (Å²) < 4.78 is 23.8. The number of carbonyl (C=O) groups is 2. The van der Waals surface area contributed by atoms with Gasteiger partial charge in [-0.2, -0.15) is 0 Å². The lowest BCUT2D eigenvalue weighted by atomic mass is 10.1. The maximum Gasteiger partial charge on any atom is 0.310 e. The first kappa shape index (κ1) is 20.3. The largest absolute Gasteiger partial charge is 0.469 e. The van der Waals surface area contributed by atoms with Crippen LogP contribution in [0.2, 0.25) is 5.02 Å². The molecule has 0 aliphatic heterocycles. The Bertz CT molecular complexity index is 549. The fourth-order valence-corrected chi connectivity index (χ4v) is 2.33. The van der Waals surface area contributed by atoms with Gasteiger partial charge in [0.15, 0.2) is 0 Å². The van der Waals surface area contributed by atoms with E-state index in [0.29, 0.717) is 0 Å². The van der Waals surface area contributed by atoms with Gasteiger partial charge in [-0.15, -0.1) is 0 Å². The van der Waals surface area contributed by atoms with Gasteiger partial charge in [-0.05, 0) is 12.1 Å². The molecule has 1 rings (SSSR count). The number of hydrogen-bond donors (Lipinski definition) is 1. The Morgan fingerprint density at radius 1 is 1.38 bits per heavy atom. The second-order valence-electron chi connectivity index (χ2n) is 5.11. The molecule has 134 valence electrons. The minimum absolute atomic E-state index is 0.00741. The van der Waals surface area contributed by atoms with E-state index in [1.54, 1.807) is 6.92 Å². The van der Waals surface area contributed by atoms with Crippen LogP contribution in [0.1, 0.15) is 17.3 Å². The Morgan fingerprint density at radius 3 is 2.67 bits per heavy atom. The summed E-state index contributed by atoms with van der Waals surface area (Å²) in [6.45, 7) is 1.85. The summed E-state index contributed by atoms with van der Waals surface area (Å²) in [7, 11) is 1.25. The molecule has 1 aromatic rings. The van der Waals surface area contributed by atoms with Gasteiger partial charge in [-0.25, -0.2) is 4.39 Å². The highest BCUT2D eigenvalue weighted by Gasteiger charge is 2.25. The summed E-state index contributed by atoms with van der Waals surface area (Å²) >= 11 is 5.94. The number of methoxy groups -OCH3 is 1. The topological polar surface area (TPSA) is 76.1 Å². The summed E-state index contributed by atoms with van der Waals surface area (Å²) in [5.74, 6) is -2.45. The lowest BCUT2D eigenvalue weighted by Gasteiger charge is -2.25. The number of hydrogen-bond acceptors (Lipinski definition) is 5. The molecule has 0 radical (unpaired) electrons. The molecule has 0 spiro atoms. The number of benzene rings is 1. The van der Waals surface area contributed by atoms with E-state index in [1.165, 1.54) is 24.1 Å². The monoisotopic (exact) mass is 361 g/mol. The van der Waals surface area contributed by atoms with Gasteiger partial charge in [0.1, 0.15) is 5.82 Å². The van der Waals surface area contributed by atoms with Crippen molar-refractivity contribution >= 4 is 23.5 Å². The van der Waals surface area contributed by atoms with Gasteiger partial charge >= 0.3 is 5.97 Å². The van der Waals surface area contributed by atoms with Crippen LogP contribution in [0.4, 0.5) is 4.39 Å². The van der Waals surface area contributed by atoms with Crippen LogP contribution in [0.3, 0.4) is 0 Å². The van der Waals surface area contributed by atoms with Crippen LogP contribution in [0, 0.1) is 11.7 Å². The van der Waals surface area contributed by atoms with E-state index in [9.17, 15) is 14.0 Å². The van der Waals surface area contributed by atoms with Crippen LogP contribution in [0.5, 0.6) is 0 Å². The fraction of sp³-hybridized carbons (Fsp3) is 0.500. The molecule has 1 unspecified atom stereocenters. The van der Waals surface area contributed by atoms with Crippen LogP contribution in [-0.4, -0.2) is 61.9 Å². The molecular weight excluding hydrogens is 341 g/mol. The quantitative estimate of drug-likeness (QED) is 0.535. The van der Waals surface area contributed by atoms with E-state index in [1.807, 2.05) is 0 Å². The Kier molecular flexibility index (Phi) is 8.67. The van der Waals surface area contributed by atoms with Crippen molar-refractivity contribution in [2.75, 3.05) is 40.0 Å². The Labute approximate surface area is 145 Å². The molecule has 0 heterocycles. The summed E-state index contributed by atoms with van der Waals surface area (Å²) in [4.78, 5) is 25.5. The predicted octanol–water partition coefficient (Wildman–Crippen LogP) is 1.74. The number of esters is 1. The molecule has 1 N–H and O–H groups in total. The van der Waals surface area contributed by atoms with Crippen molar-refractivity contribution in [2.24, 2.45) is 5.92 Å². The Hall–Kier alpha value is -1.70. The van der Waals surface area contributed by atoms with Gasteiger partial charge in [0.2, 0.25) is 0 Å². The predicted molar refractivity (Wildman–Crippen MR) is 86.4 cm³/mol. The molecular formula is C16H21ClFNO5. The van der Waals surface area contributed by atoms with Crippen LogP contribution >= 0.6 is 11.6 Å². The molecule has 0 aliphatic carbocycles. The third-order valence-corrected chi connectivity index (χ3v) is 3.62. The molecule has 0 saturated carbocycles. The van der Waals surface area contributed by atoms with Crippen LogP contribution in [-0.2, 0) is 14.3 Å². The van der Waals surface area contributed by atoms with Crippen molar-refractivity contribution in [3.8, 4) is 0 Å². The highest BCUT2D eigenvalue weighted by molar-refractivity contribution is 6.33. The zero-order chi connectivity index (χ0) is 18.1. The molecule has 8 heteroatoms. The van der Waals surface area contributed by atoms with Gasteiger partial charge in [0.05, 0.1) is 43.4 Å². The first-order valence-electron chi connectivity index (χ1n) is 7.42. The molecule has 1 atom stereocenters. The van der Waals surface area contributed by atoms with Crippen molar-refractivity contribution < 1.29 is 28.6 Å². The molecule has 6 nitrogen and oxygen atoms in total. The molecule has 1 amide bonds. The zero-order valence-electron chi connectivity index (χ0n) is 13.6. The molecule has 0 aliphatic rings. The number of nitrogens with zero attached hydrogens (tertiary/aromatic N) is 1. The van der Waals surface area contributed by atoms with Crippen molar-refractivity contribution in [1.82, 2.24) is 4.90 Å². The van der Waals surface area contributed by atoms with E-state index in [0.717, 1.165) is 6.07 Å². The number of amides is 1. The minimum atomic E-state index is -0.737. The van der Waals surface area contributed by atoms with Gasteiger partial charge < -0.3 is 19.5 Å². The molecule has 24 heavy (non-hydrogen) atoms. The van der Waals surface area contributed by atoms with Crippen molar-refractivity contribution in [3.05, 3.63) is 34.6 Å². The summed E-state index contributed by atoms with van der Waals surface area (Å²) in [5, 5.41) is 8.70. The molecule has 0 fully saturated rings. The number of aliphatic hydroxyl groups is 1. The van der Waals surface area contributed by atoms with Gasteiger partial charge in [-0.1, -0.05) is 24.6 Å². The maximum atomic E-state index is 14.0. The summed E-state index contributed by atoms with van der Waals surface area (Å²) in [6.07, 6.45) is 0. The van der Waals surface area contributed by atoms with Gasteiger partial charge in [0.25, 0.3) is 5.91 Å². The number of ether oxygens (including phenoxy) is 2. The zero-order valence-corrected chi connectivity index (χ0v) is 14.4. The lowest BCUT2D eigenvalue weighted by molar-refractivity contribution is -0.145. The van der Waals surface area contributed by atoms with Crippen molar-refractivity contribution in [3.63, 3.8) is 0 Å². The van der Waals surface area contributed by atoms with Crippen LogP contribution < -0.4 is 0 Å². The third-order valence-electron chi connectivity index (χ3n) is 3.30. The van der Waals surface area contributed by atoms with E-state index in [-0.39, 0.29) is 43.5 Å². The van der Waals surface area contributed by atoms with Crippen LogP contribution in [0.25, 0.3) is 0 Å². The first-order chi connectivity index (χ1) is 11.4. The van der Waals surface area contributed by atoms with Gasteiger partial charge in [0, 0.05) is 13.1 Å². The van der Waals surface area contributed by atoms with E-state index in [4.69, 9.17) is 21.4 Å². The molecule has 0 saturated heterocycles. The molecule has 0 aromatic heterocycles. The average molecular weight is 362 g/mol. The standard InChI is InChI=1S/C16H21ClFNO5/c1-11(16(22)23-2)10-19(6-8-24-9-7-20)15(21)14-12(17)4-3-5-13(14)18/h3-5,11,20H,6-10H2,1-2H3. The summed E-state index contributed by atoms with van der Waals surface area (Å²) in [6, 6.07) is 3.96. The summed E-state index contributed by atoms with van der Waals surface area (Å²) in [5.41, 5.74) is -0.251. The molecule has 0 bridgehead atoms. The number of halogens is 2. The normalized spacial score (nSPS) is 11.9. The number of aliphatic hydroxyl groups excluding tert-OH is 1.